The molecule has 0 saturated carbocycles. The summed E-state index contributed by atoms with van der Waals surface area (Å²) in [4.78, 5) is 26.7. The average Bonchev–Trinajstić information content (AvgIpc) is 3.38. The molecule has 6 heteroatoms. The van der Waals surface area contributed by atoms with Crippen LogP contribution in [0.25, 0.3) is 0 Å². The number of unbranched alkanes of at least 4 members (excludes halogenated alkanes) is 2. The number of carbonyl (C=O) groups is 2. The molecule has 2 aliphatic heterocycles. The van der Waals surface area contributed by atoms with Crippen molar-refractivity contribution in [3.63, 3.8) is 0 Å². The number of Topliss-reactive ketones (excluding diaryl/α,β-unsaturated/α-hetero) is 2. The molecule has 0 bridgehead atoms. The molecular weight excluding hydrogens is 560 g/mol. The Bertz CT molecular complexity index is 1710. The van der Waals surface area contributed by atoms with Gasteiger partial charge in [-0.1, -0.05) is 74.6 Å². The van der Waals surface area contributed by atoms with E-state index >= 15 is 0 Å². The topological polar surface area (TPSA) is 86.3 Å². The van der Waals surface area contributed by atoms with E-state index in [0.29, 0.717) is 0 Å². The van der Waals surface area contributed by atoms with Gasteiger partial charge in [0, 0.05) is 65.8 Å². The maximum atomic E-state index is 13.3. The Labute approximate surface area is 266 Å². The summed E-state index contributed by atoms with van der Waals surface area (Å²) in [6.07, 6.45) is 7.28. The number of nitrogens with zero attached hydrogens (tertiary/aromatic N) is 2. The molecule has 232 valence electrons. The van der Waals surface area contributed by atoms with E-state index in [1.54, 1.807) is 12.2 Å². The second-order valence-electron chi connectivity index (χ2n) is 13.6. The highest BCUT2D eigenvalue weighted by atomic mass is 16.3. The van der Waals surface area contributed by atoms with Gasteiger partial charge >= 0.3 is 0 Å². The lowest BCUT2D eigenvalue weighted by molar-refractivity contribution is -0.438. The third-order valence-corrected chi connectivity index (χ3v) is 10.1. The van der Waals surface area contributed by atoms with Crippen molar-refractivity contribution in [2.45, 2.75) is 84.5 Å². The van der Waals surface area contributed by atoms with Gasteiger partial charge in [0.2, 0.25) is 11.4 Å². The predicted molar refractivity (Wildman–Crippen MR) is 173 cm³/mol. The van der Waals surface area contributed by atoms with Gasteiger partial charge < -0.3 is 10.2 Å². The van der Waals surface area contributed by atoms with E-state index in [2.05, 4.69) is 75.0 Å². The van der Waals surface area contributed by atoms with Crippen LogP contribution in [0.3, 0.4) is 0 Å². The molecule has 2 heterocycles. The molecular formula is C39H42N2O4. The summed E-state index contributed by atoms with van der Waals surface area (Å²) < 4.78 is 4.44. The number of ketones is 2. The van der Waals surface area contributed by atoms with Crippen LogP contribution in [0.5, 0.6) is 0 Å². The number of rotatable bonds is 10. The van der Waals surface area contributed by atoms with Crippen molar-refractivity contribution in [1.82, 2.24) is 0 Å². The first-order valence-electron chi connectivity index (χ1n) is 16.3. The Hall–Kier alpha value is -4.32. The Morgan fingerprint density at radius 3 is 1.38 bits per heavy atom. The lowest BCUT2D eigenvalue weighted by atomic mass is 9.74. The summed E-state index contributed by atoms with van der Waals surface area (Å²) in [7, 11) is 0. The molecule has 6 nitrogen and oxygen atoms in total. The summed E-state index contributed by atoms with van der Waals surface area (Å²) in [5.41, 5.74) is 5.94. The van der Waals surface area contributed by atoms with E-state index < -0.39 is 0 Å². The molecule has 2 aliphatic carbocycles. The Morgan fingerprint density at radius 1 is 0.644 bits per heavy atom. The molecule has 4 aliphatic rings. The van der Waals surface area contributed by atoms with Crippen LogP contribution in [0.4, 0.5) is 11.4 Å². The maximum absolute atomic E-state index is 13.3. The van der Waals surface area contributed by atoms with Crippen molar-refractivity contribution in [3.8, 4) is 0 Å². The Balaban J connectivity index is 1.31. The van der Waals surface area contributed by atoms with Crippen molar-refractivity contribution >= 4 is 34.4 Å². The van der Waals surface area contributed by atoms with Gasteiger partial charge in [-0.15, -0.1) is 0 Å². The zero-order valence-corrected chi connectivity index (χ0v) is 27.3. The van der Waals surface area contributed by atoms with Crippen LogP contribution in [-0.2, 0) is 20.4 Å². The smallest absolute Gasteiger partial charge is 0.209 e. The van der Waals surface area contributed by atoms with E-state index in [1.807, 2.05) is 24.3 Å². The third-order valence-electron chi connectivity index (χ3n) is 10.1. The van der Waals surface area contributed by atoms with Gasteiger partial charge in [-0.05, 0) is 38.8 Å². The minimum atomic E-state index is -0.377. The van der Waals surface area contributed by atoms with Crippen LogP contribution < -0.4 is 10.2 Å². The van der Waals surface area contributed by atoms with Crippen molar-refractivity contribution in [2.24, 2.45) is 0 Å². The van der Waals surface area contributed by atoms with Crippen molar-refractivity contribution < 1.29 is 29.0 Å². The van der Waals surface area contributed by atoms with E-state index in [-0.39, 0.29) is 62.6 Å². The quantitative estimate of drug-likeness (QED) is 0.270. The van der Waals surface area contributed by atoms with Crippen LogP contribution in [0.1, 0.15) is 84.8 Å². The highest BCUT2D eigenvalue weighted by Crippen LogP contribution is 2.44. The maximum Gasteiger partial charge on any atom is 0.209 e. The van der Waals surface area contributed by atoms with E-state index in [1.165, 1.54) is 0 Å². The van der Waals surface area contributed by atoms with E-state index in [4.69, 9.17) is 0 Å². The van der Waals surface area contributed by atoms with Crippen molar-refractivity contribution in [2.75, 3.05) is 13.1 Å². The van der Waals surface area contributed by atoms with Crippen LogP contribution >= 0.6 is 0 Å². The fourth-order valence-electron chi connectivity index (χ4n) is 7.29. The molecule has 6 rings (SSSR count). The first-order valence-corrected chi connectivity index (χ1v) is 16.3. The first-order chi connectivity index (χ1) is 21.4. The molecule has 0 radical (unpaired) electrons. The summed E-state index contributed by atoms with van der Waals surface area (Å²) in [5.74, 6) is -1.47. The minimum absolute atomic E-state index is 0.0249. The predicted octanol–water partition coefficient (Wildman–Crippen LogP) is 5.38. The normalized spacial score (nSPS) is 21.6. The molecule has 0 aromatic heterocycles. The number of para-hydroxylation sites is 2. The van der Waals surface area contributed by atoms with Crippen molar-refractivity contribution in [3.05, 3.63) is 106 Å². The number of benzene rings is 2. The summed E-state index contributed by atoms with van der Waals surface area (Å²) in [5, 5.41) is 26.7. The lowest BCUT2D eigenvalue weighted by Crippen LogP contribution is -2.37. The van der Waals surface area contributed by atoms with Crippen LogP contribution in [0.15, 0.2) is 94.5 Å². The molecule has 2 aromatic carbocycles. The number of hydrogen-bond acceptors (Lipinski definition) is 4. The molecule has 45 heavy (non-hydrogen) atoms. The SMILES string of the molecule is CCCC[N+]1=C(C=C2C(=O)C(CC3=C([O-])C(=CC4=[N+](CCCC)c5ccccc5C4(C)C)C3=O)=C2[O-])C(C)(C)c2ccccc21. The second-order valence-corrected chi connectivity index (χ2v) is 13.6. The van der Waals surface area contributed by atoms with Gasteiger partial charge in [0.05, 0.1) is 10.8 Å². The highest BCUT2D eigenvalue weighted by molar-refractivity contribution is 6.26. The number of carbonyl (C=O) groups excluding carboxylic acids is 2. The molecule has 0 N–H and O–H groups in total. The zero-order chi connectivity index (χ0) is 32.3. The molecule has 0 spiro atoms. The first kappa shape index (κ1) is 30.7. The van der Waals surface area contributed by atoms with Crippen LogP contribution in [0, 0.1) is 0 Å². The fraction of sp³-hybridized carbons (Fsp3) is 0.385. The minimum Gasteiger partial charge on any atom is -0.872 e. The molecule has 0 unspecified atom stereocenters. The molecule has 0 amide bonds. The van der Waals surface area contributed by atoms with Gasteiger partial charge in [0.1, 0.15) is 13.1 Å². The fourth-order valence-corrected chi connectivity index (χ4v) is 7.29. The monoisotopic (exact) mass is 602 g/mol. The van der Waals surface area contributed by atoms with Gasteiger partial charge in [0.25, 0.3) is 0 Å². The standard InChI is InChI=1S/C39H42N2O4/c1-7-9-19-40-30-17-13-11-15-28(30)38(3,4)32(40)22-26-34(42)24(35(26)43)21-25-36(44)27(37(25)45)23-33-39(5,6)29-16-12-14-18-31(29)41(33)20-10-8-2/h11-18,22-23H,7-10,19-21H2,1-6H3. The highest BCUT2D eigenvalue weighted by Gasteiger charge is 2.47. The third kappa shape index (κ3) is 4.68. The largest absolute Gasteiger partial charge is 0.872 e. The van der Waals surface area contributed by atoms with Crippen LogP contribution in [-0.4, -0.2) is 45.2 Å². The summed E-state index contributed by atoms with van der Waals surface area (Å²) in [6, 6.07) is 16.4. The number of fused-ring (bicyclic) bond motifs is 2. The Morgan fingerprint density at radius 2 is 1.02 bits per heavy atom. The summed E-state index contributed by atoms with van der Waals surface area (Å²) in [6.45, 7) is 14.3. The number of hydrogen-bond donors (Lipinski definition) is 0. The van der Waals surface area contributed by atoms with Gasteiger partial charge in [0.15, 0.2) is 23.0 Å². The van der Waals surface area contributed by atoms with E-state index in [0.717, 1.165) is 72.7 Å². The van der Waals surface area contributed by atoms with Crippen LogP contribution in [0.2, 0.25) is 0 Å². The Kier molecular flexibility index (Phi) is 7.67. The average molecular weight is 603 g/mol. The van der Waals surface area contributed by atoms with Gasteiger partial charge in [-0.2, -0.15) is 9.15 Å². The van der Waals surface area contributed by atoms with E-state index in [9.17, 15) is 19.8 Å². The lowest BCUT2D eigenvalue weighted by Gasteiger charge is -2.36. The zero-order valence-electron chi connectivity index (χ0n) is 27.3. The van der Waals surface area contributed by atoms with Gasteiger partial charge in [-0.3, -0.25) is 9.59 Å². The molecule has 0 saturated heterocycles. The molecule has 2 aromatic rings. The number of allylic oxidation sites excluding steroid dienone is 6. The summed E-state index contributed by atoms with van der Waals surface area (Å²) >= 11 is 0. The molecule has 0 fully saturated rings. The van der Waals surface area contributed by atoms with Crippen molar-refractivity contribution in [1.29, 1.82) is 0 Å². The van der Waals surface area contributed by atoms with Gasteiger partial charge in [-0.25, -0.2) is 0 Å². The second kappa shape index (κ2) is 11.2. The molecule has 0 atom stereocenters.